The first-order valence-electron chi connectivity index (χ1n) is 4.92. The van der Waals surface area contributed by atoms with Gasteiger partial charge in [0.2, 0.25) is 0 Å². The van der Waals surface area contributed by atoms with Crippen LogP contribution in [-0.2, 0) is 0 Å². The minimum Gasteiger partial charge on any atom is -0.478 e. The van der Waals surface area contributed by atoms with Gasteiger partial charge in [-0.15, -0.1) is 0 Å². The number of carboxylic acids is 3. The second-order valence-electron chi connectivity index (χ2n) is 3.54. The number of fused-ring (bicyclic) bond motifs is 1. The standard InChI is InChI=1S/C11H6N2O6/c14-9(15)4-1-2-5-6(3-4)13-8(11(18)19)7(12-5)10(16)17/h1-3H,(H,14,15)(H,16,17)(H,18,19). The van der Waals surface area contributed by atoms with Crippen LogP contribution in [0.25, 0.3) is 11.0 Å². The van der Waals surface area contributed by atoms with Gasteiger partial charge in [-0.1, -0.05) is 0 Å². The smallest absolute Gasteiger partial charge is 0.357 e. The zero-order chi connectivity index (χ0) is 14.2. The second-order valence-corrected chi connectivity index (χ2v) is 3.54. The number of rotatable bonds is 3. The van der Waals surface area contributed by atoms with Gasteiger partial charge in [-0.3, -0.25) is 0 Å². The summed E-state index contributed by atoms with van der Waals surface area (Å²) in [6, 6.07) is 3.62. The van der Waals surface area contributed by atoms with Crippen molar-refractivity contribution in [1.29, 1.82) is 0 Å². The molecule has 0 aliphatic carbocycles. The molecule has 8 heteroatoms. The van der Waals surface area contributed by atoms with E-state index in [9.17, 15) is 14.4 Å². The molecule has 0 aliphatic heterocycles. The highest BCUT2D eigenvalue weighted by atomic mass is 16.4. The van der Waals surface area contributed by atoms with Crippen molar-refractivity contribution in [1.82, 2.24) is 9.97 Å². The van der Waals surface area contributed by atoms with Crippen LogP contribution in [0.2, 0.25) is 0 Å². The molecule has 2 rings (SSSR count). The normalized spacial score (nSPS) is 10.3. The van der Waals surface area contributed by atoms with E-state index in [0.717, 1.165) is 6.07 Å². The van der Waals surface area contributed by atoms with Crippen molar-refractivity contribution < 1.29 is 29.7 Å². The molecule has 0 radical (unpaired) electrons. The van der Waals surface area contributed by atoms with E-state index in [2.05, 4.69) is 9.97 Å². The molecule has 96 valence electrons. The maximum absolute atomic E-state index is 10.9. The first-order valence-corrected chi connectivity index (χ1v) is 4.92. The fraction of sp³-hybridized carbons (Fsp3) is 0. The lowest BCUT2D eigenvalue weighted by Crippen LogP contribution is -2.13. The van der Waals surface area contributed by atoms with E-state index in [1.54, 1.807) is 0 Å². The Bertz CT molecular complexity index is 724. The van der Waals surface area contributed by atoms with Crippen LogP contribution in [0.4, 0.5) is 0 Å². The van der Waals surface area contributed by atoms with Gasteiger partial charge in [-0.2, -0.15) is 0 Å². The van der Waals surface area contributed by atoms with Crippen molar-refractivity contribution in [3.05, 3.63) is 35.2 Å². The minimum atomic E-state index is -1.55. The molecule has 0 spiro atoms. The third kappa shape index (κ3) is 2.18. The lowest BCUT2D eigenvalue weighted by atomic mass is 10.2. The summed E-state index contributed by atoms with van der Waals surface area (Å²) in [7, 11) is 0. The highest BCUT2D eigenvalue weighted by Crippen LogP contribution is 2.15. The number of aromatic nitrogens is 2. The first kappa shape index (κ1) is 12.4. The third-order valence-electron chi connectivity index (χ3n) is 2.32. The molecule has 0 fully saturated rings. The maximum Gasteiger partial charge on any atom is 0.357 e. The molecular formula is C11H6N2O6. The molecule has 1 aromatic carbocycles. The molecule has 2 aromatic rings. The van der Waals surface area contributed by atoms with Crippen LogP contribution in [0.5, 0.6) is 0 Å². The van der Waals surface area contributed by atoms with E-state index in [1.165, 1.54) is 12.1 Å². The summed E-state index contributed by atoms with van der Waals surface area (Å²) >= 11 is 0. The van der Waals surface area contributed by atoms with E-state index in [4.69, 9.17) is 15.3 Å². The van der Waals surface area contributed by atoms with Gasteiger partial charge >= 0.3 is 17.9 Å². The van der Waals surface area contributed by atoms with Crippen molar-refractivity contribution in [3.8, 4) is 0 Å². The van der Waals surface area contributed by atoms with Crippen LogP contribution < -0.4 is 0 Å². The van der Waals surface area contributed by atoms with Gasteiger partial charge in [0.25, 0.3) is 0 Å². The number of benzene rings is 1. The Morgan fingerprint density at radius 1 is 0.789 bits per heavy atom. The van der Waals surface area contributed by atoms with Crippen molar-refractivity contribution in [2.45, 2.75) is 0 Å². The number of carboxylic acid groups (broad SMARTS) is 3. The Labute approximate surface area is 105 Å². The molecule has 19 heavy (non-hydrogen) atoms. The predicted molar refractivity (Wildman–Crippen MR) is 60.4 cm³/mol. The van der Waals surface area contributed by atoms with Crippen LogP contribution >= 0.6 is 0 Å². The zero-order valence-corrected chi connectivity index (χ0v) is 9.19. The second kappa shape index (κ2) is 4.33. The van der Waals surface area contributed by atoms with Gasteiger partial charge in [0.15, 0.2) is 11.4 Å². The van der Waals surface area contributed by atoms with Gasteiger partial charge in [-0.25, -0.2) is 24.4 Å². The molecule has 0 bridgehead atoms. The Morgan fingerprint density at radius 2 is 1.32 bits per heavy atom. The van der Waals surface area contributed by atoms with E-state index in [1.807, 2.05) is 0 Å². The molecule has 0 atom stereocenters. The van der Waals surface area contributed by atoms with E-state index >= 15 is 0 Å². The van der Waals surface area contributed by atoms with Crippen molar-refractivity contribution in [3.63, 3.8) is 0 Å². The number of aromatic carboxylic acids is 3. The van der Waals surface area contributed by atoms with Crippen LogP contribution in [0.1, 0.15) is 31.3 Å². The van der Waals surface area contributed by atoms with Crippen LogP contribution in [-0.4, -0.2) is 43.2 Å². The van der Waals surface area contributed by atoms with Crippen LogP contribution in [0.15, 0.2) is 18.2 Å². The van der Waals surface area contributed by atoms with E-state index < -0.39 is 29.3 Å². The SMILES string of the molecule is O=C(O)c1ccc2nc(C(=O)O)c(C(=O)O)nc2c1. The molecule has 0 amide bonds. The molecule has 3 N–H and O–H groups in total. The molecule has 0 saturated carbocycles. The van der Waals surface area contributed by atoms with Crippen molar-refractivity contribution >= 4 is 28.9 Å². The van der Waals surface area contributed by atoms with Crippen LogP contribution in [0.3, 0.4) is 0 Å². The molecule has 0 unspecified atom stereocenters. The predicted octanol–water partition coefficient (Wildman–Crippen LogP) is 0.724. The quantitative estimate of drug-likeness (QED) is 0.735. The van der Waals surface area contributed by atoms with Gasteiger partial charge in [0.1, 0.15) is 0 Å². The number of carbonyl (C=O) groups is 3. The summed E-state index contributed by atoms with van der Waals surface area (Å²) in [6.07, 6.45) is 0. The summed E-state index contributed by atoms with van der Waals surface area (Å²) in [4.78, 5) is 39.9. The lowest BCUT2D eigenvalue weighted by molar-refractivity contribution is 0.0642. The average Bonchev–Trinajstić information content (AvgIpc) is 2.36. The van der Waals surface area contributed by atoms with Crippen molar-refractivity contribution in [2.75, 3.05) is 0 Å². The van der Waals surface area contributed by atoms with Gasteiger partial charge in [0, 0.05) is 0 Å². The molecule has 0 aliphatic rings. The van der Waals surface area contributed by atoms with Gasteiger partial charge in [0.05, 0.1) is 16.6 Å². The van der Waals surface area contributed by atoms with Gasteiger partial charge in [-0.05, 0) is 18.2 Å². The fourth-order valence-corrected chi connectivity index (χ4v) is 1.49. The lowest BCUT2D eigenvalue weighted by Gasteiger charge is -2.03. The maximum atomic E-state index is 10.9. The Hall–Kier alpha value is -3.03. The molecular weight excluding hydrogens is 256 g/mol. The molecule has 1 aromatic heterocycles. The summed E-state index contributed by atoms with van der Waals surface area (Å²) < 4.78 is 0. The number of hydrogen-bond acceptors (Lipinski definition) is 5. The highest BCUT2D eigenvalue weighted by molar-refractivity contribution is 6.01. The summed E-state index contributed by atoms with van der Waals surface area (Å²) in [5.41, 5.74) is -1.42. The average molecular weight is 262 g/mol. The Kier molecular flexibility index (Phi) is 2.83. The van der Waals surface area contributed by atoms with Crippen molar-refractivity contribution in [2.24, 2.45) is 0 Å². The Morgan fingerprint density at radius 3 is 1.79 bits per heavy atom. The summed E-state index contributed by atoms with van der Waals surface area (Å²) in [6.45, 7) is 0. The molecule has 1 heterocycles. The topological polar surface area (TPSA) is 138 Å². The number of nitrogens with zero attached hydrogens (tertiary/aromatic N) is 2. The number of hydrogen-bond donors (Lipinski definition) is 3. The Balaban J connectivity index is 2.77. The largest absolute Gasteiger partial charge is 0.478 e. The highest BCUT2D eigenvalue weighted by Gasteiger charge is 2.21. The summed E-state index contributed by atoms with van der Waals surface area (Å²) in [5, 5.41) is 26.5. The minimum absolute atomic E-state index is 0.00213. The fourth-order valence-electron chi connectivity index (χ4n) is 1.49. The van der Waals surface area contributed by atoms with Crippen LogP contribution in [0, 0.1) is 0 Å². The van der Waals surface area contributed by atoms with E-state index in [-0.39, 0.29) is 16.6 Å². The van der Waals surface area contributed by atoms with Gasteiger partial charge < -0.3 is 15.3 Å². The summed E-state index contributed by atoms with van der Waals surface area (Å²) in [5.74, 6) is -4.27. The third-order valence-corrected chi connectivity index (χ3v) is 2.32. The molecule has 8 nitrogen and oxygen atoms in total. The first-order chi connectivity index (χ1) is 8.90. The molecule has 0 saturated heterocycles. The monoisotopic (exact) mass is 262 g/mol. The van der Waals surface area contributed by atoms with E-state index in [0.29, 0.717) is 0 Å². The zero-order valence-electron chi connectivity index (χ0n) is 9.19.